The third-order valence-corrected chi connectivity index (χ3v) is 3.41. The molecule has 3 N–H and O–H groups in total. The van der Waals surface area contributed by atoms with E-state index >= 15 is 0 Å². The fourth-order valence-corrected chi connectivity index (χ4v) is 2.34. The number of pyridine rings is 1. The predicted octanol–water partition coefficient (Wildman–Crippen LogP) is 0.390. The Morgan fingerprint density at radius 3 is 2.81 bits per heavy atom. The van der Waals surface area contributed by atoms with Crippen molar-refractivity contribution in [3.8, 4) is 0 Å². The number of anilines is 1. The van der Waals surface area contributed by atoms with Crippen LogP contribution >= 0.6 is 0 Å². The minimum atomic E-state index is -1.29. The molecular formula is C12H14N4O5. The highest BCUT2D eigenvalue weighted by Crippen LogP contribution is 2.30. The lowest BCUT2D eigenvalue weighted by atomic mass is 9.97. The number of rotatable bonds is 4. The van der Waals surface area contributed by atoms with E-state index in [1.165, 1.54) is 0 Å². The average molecular weight is 294 g/mol. The lowest BCUT2D eigenvalue weighted by molar-refractivity contribution is -0.384. The zero-order valence-corrected chi connectivity index (χ0v) is 11.1. The fourth-order valence-electron chi connectivity index (χ4n) is 2.34. The lowest BCUT2D eigenvalue weighted by Crippen LogP contribution is -2.41. The Bertz CT molecular complexity index is 603. The van der Waals surface area contributed by atoms with Crippen LogP contribution in [-0.4, -0.2) is 40.0 Å². The Kier molecular flexibility index (Phi) is 4.01. The van der Waals surface area contributed by atoms with Crippen molar-refractivity contribution >= 4 is 23.4 Å². The van der Waals surface area contributed by atoms with E-state index in [2.05, 4.69) is 4.98 Å². The molecule has 0 aromatic carbocycles. The van der Waals surface area contributed by atoms with Gasteiger partial charge in [0.2, 0.25) is 11.7 Å². The molecule has 2 rings (SSSR count). The molecule has 9 heteroatoms. The number of amides is 1. The monoisotopic (exact) mass is 294 g/mol. The molecular weight excluding hydrogens is 280 g/mol. The maximum absolute atomic E-state index is 11.3. The number of hydrogen-bond donors (Lipinski definition) is 2. The maximum Gasteiger partial charge on any atom is 0.337 e. The molecule has 0 radical (unpaired) electrons. The molecule has 2 heterocycles. The highest BCUT2D eigenvalue weighted by atomic mass is 16.6. The van der Waals surface area contributed by atoms with Gasteiger partial charge in [-0.3, -0.25) is 14.9 Å². The fraction of sp³-hybridized carbons (Fsp3) is 0.417. The van der Waals surface area contributed by atoms with E-state index in [1.54, 1.807) is 4.90 Å². The van der Waals surface area contributed by atoms with Crippen LogP contribution in [0.4, 0.5) is 11.5 Å². The van der Waals surface area contributed by atoms with Crippen molar-refractivity contribution in [1.29, 1.82) is 0 Å². The molecule has 0 bridgehead atoms. The van der Waals surface area contributed by atoms with E-state index in [9.17, 15) is 19.7 Å². The second-order valence-corrected chi connectivity index (χ2v) is 4.82. The summed E-state index contributed by atoms with van der Waals surface area (Å²) in [6.07, 6.45) is 2.36. The normalized spacial score (nSPS) is 18.3. The second kappa shape index (κ2) is 5.73. The first kappa shape index (κ1) is 14.7. The molecule has 1 atom stereocenters. The van der Waals surface area contributed by atoms with Crippen molar-refractivity contribution in [3.63, 3.8) is 0 Å². The molecule has 21 heavy (non-hydrogen) atoms. The summed E-state index contributed by atoms with van der Waals surface area (Å²) < 4.78 is 0. The Morgan fingerprint density at radius 1 is 1.52 bits per heavy atom. The molecule has 1 aliphatic rings. The summed E-state index contributed by atoms with van der Waals surface area (Å²) in [7, 11) is 0. The third kappa shape index (κ3) is 3.07. The van der Waals surface area contributed by atoms with Crippen LogP contribution < -0.4 is 10.6 Å². The number of carboxylic acid groups (broad SMARTS) is 1. The van der Waals surface area contributed by atoms with Gasteiger partial charge in [-0.05, 0) is 12.8 Å². The van der Waals surface area contributed by atoms with Gasteiger partial charge in [0.25, 0.3) is 0 Å². The van der Waals surface area contributed by atoms with Gasteiger partial charge in [0.15, 0.2) is 0 Å². The van der Waals surface area contributed by atoms with E-state index < -0.39 is 16.8 Å². The highest BCUT2D eigenvalue weighted by molar-refractivity contribution is 5.89. The van der Waals surface area contributed by atoms with Gasteiger partial charge in [-0.25, -0.2) is 9.78 Å². The predicted molar refractivity (Wildman–Crippen MR) is 72.0 cm³/mol. The molecule has 1 fully saturated rings. The van der Waals surface area contributed by atoms with Crippen LogP contribution in [0.5, 0.6) is 0 Å². The number of carbonyl (C=O) groups is 2. The minimum absolute atomic E-state index is 0.0657. The molecule has 1 saturated heterocycles. The van der Waals surface area contributed by atoms with E-state index in [1.807, 2.05) is 0 Å². The molecule has 1 unspecified atom stereocenters. The van der Waals surface area contributed by atoms with Crippen molar-refractivity contribution in [3.05, 3.63) is 27.9 Å². The lowest BCUT2D eigenvalue weighted by Gasteiger charge is -2.31. The Morgan fingerprint density at radius 2 is 2.24 bits per heavy atom. The first-order valence-corrected chi connectivity index (χ1v) is 6.32. The van der Waals surface area contributed by atoms with E-state index in [4.69, 9.17) is 10.8 Å². The van der Waals surface area contributed by atoms with E-state index in [-0.39, 0.29) is 29.5 Å². The molecule has 0 saturated carbocycles. The van der Waals surface area contributed by atoms with Gasteiger partial charge in [-0.15, -0.1) is 0 Å². The number of carbonyl (C=O) groups excluding carboxylic acids is 1. The van der Waals surface area contributed by atoms with E-state index in [0.717, 1.165) is 12.3 Å². The van der Waals surface area contributed by atoms with Crippen molar-refractivity contribution in [2.45, 2.75) is 12.8 Å². The van der Waals surface area contributed by atoms with Gasteiger partial charge in [0.05, 0.1) is 16.4 Å². The summed E-state index contributed by atoms with van der Waals surface area (Å²) in [5.74, 6) is -2.06. The maximum atomic E-state index is 11.3. The Labute approximate surface area is 119 Å². The minimum Gasteiger partial charge on any atom is -0.478 e. The van der Waals surface area contributed by atoms with Crippen LogP contribution in [-0.2, 0) is 4.79 Å². The average Bonchev–Trinajstić information content (AvgIpc) is 2.46. The molecule has 1 amide bonds. The molecule has 1 aliphatic heterocycles. The summed E-state index contributed by atoms with van der Waals surface area (Å²) in [5, 5.41) is 20.0. The van der Waals surface area contributed by atoms with Crippen LogP contribution in [0, 0.1) is 16.0 Å². The number of nitrogens with zero attached hydrogens (tertiary/aromatic N) is 3. The van der Waals surface area contributed by atoms with Crippen LogP contribution in [0.2, 0.25) is 0 Å². The van der Waals surface area contributed by atoms with Crippen molar-refractivity contribution in [1.82, 2.24) is 4.98 Å². The van der Waals surface area contributed by atoms with Crippen LogP contribution in [0.25, 0.3) is 0 Å². The highest BCUT2D eigenvalue weighted by Gasteiger charge is 2.29. The number of nitrogens with two attached hydrogens (primary N) is 1. The van der Waals surface area contributed by atoms with Crippen LogP contribution in [0.15, 0.2) is 12.3 Å². The summed E-state index contributed by atoms with van der Waals surface area (Å²) in [6, 6.07) is 0.971. The summed E-state index contributed by atoms with van der Waals surface area (Å²) >= 11 is 0. The molecule has 1 aromatic rings. The molecule has 112 valence electrons. The summed E-state index contributed by atoms with van der Waals surface area (Å²) in [6.45, 7) is 0.750. The molecule has 0 spiro atoms. The first-order chi connectivity index (χ1) is 9.90. The topological polar surface area (TPSA) is 140 Å². The SMILES string of the molecule is NC(=O)C1CCCN(c2ncc(C(=O)O)cc2[N+](=O)[O-])C1. The smallest absolute Gasteiger partial charge is 0.337 e. The molecule has 1 aromatic heterocycles. The number of carboxylic acids is 1. The van der Waals surface area contributed by atoms with Crippen molar-refractivity contribution < 1.29 is 19.6 Å². The number of aromatic nitrogens is 1. The van der Waals surface area contributed by atoms with Gasteiger partial charge < -0.3 is 15.7 Å². The van der Waals surface area contributed by atoms with Crippen LogP contribution in [0.3, 0.4) is 0 Å². The number of aromatic carboxylic acids is 1. The van der Waals surface area contributed by atoms with Crippen molar-refractivity contribution in [2.75, 3.05) is 18.0 Å². The van der Waals surface area contributed by atoms with Crippen molar-refractivity contribution in [2.24, 2.45) is 11.7 Å². The zero-order valence-electron chi connectivity index (χ0n) is 11.1. The zero-order chi connectivity index (χ0) is 15.6. The summed E-state index contributed by atoms with van der Waals surface area (Å²) in [5.41, 5.74) is 4.63. The molecule has 0 aliphatic carbocycles. The van der Waals surface area contributed by atoms with E-state index in [0.29, 0.717) is 19.4 Å². The molecule has 9 nitrogen and oxygen atoms in total. The number of piperidine rings is 1. The number of primary amides is 1. The quantitative estimate of drug-likeness (QED) is 0.604. The van der Waals surface area contributed by atoms with Gasteiger partial charge in [-0.1, -0.05) is 0 Å². The Hall–Kier alpha value is -2.71. The third-order valence-electron chi connectivity index (χ3n) is 3.41. The Balaban J connectivity index is 2.36. The largest absolute Gasteiger partial charge is 0.478 e. The summed E-state index contributed by atoms with van der Waals surface area (Å²) in [4.78, 5) is 38.0. The van der Waals surface area contributed by atoms with Crippen LogP contribution in [0.1, 0.15) is 23.2 Å². The van der Waals surface area contributed by atoms with Gasteiger partial charge in [0.1, 0.15) is 0 Å². The van der Waals surface area contributed by atoms with Gasteiger partial charge >= 0.3 is 11.7 Å². The number of nitro groups is 1. The second-order valence-electron chi connectivity index (χ2n) is 4.82. The standard InChI is InChI=1S/C12H14N4O5/c13-10(17)7-2-1-3-15(6-7)11-9(16(20)21)4-8(5-14-11)12(18)19/h4-5,7H,1-3,6H2,(H2,13,17)(H,18,19). The first-order valence-electron chi connectivity index (χ1n) is 6.32. The van der Waals surface area contributed by atoms with Gasteiger partial charge in [0, 0.05) is 25.4 Å². The number of hydrogen-bond acceptors (Lipinski definition) is 6. The van der Waals surface area contributed by atoms with Gasteiger partial charge in [-0.2, -0.15) is 0 Å².